The van der Waals surface area contributed by atoms with Gasteiger partial charge >= 0.3 is 6.18 Å². The molecule has 0 radical (unpaired) electrons. The lowest BCUT2D eigenvalue weighted by Crippen LogP contribution is -2.64. The number of carbonyl (C=O) groups excluding carboxylic acids is 3. The van der Waals surface area contributed by atoms with Gasteiger partial charge in [0, 0.05) is 24.1 Å². The number of phenols is 1. The number of nitrogens with one attached hydrogen (secondary N) is 2. The number of aromatic hydroxyl groups is 1. The first kappa shape index (κ1) is 29.0. The molecule has 41 heavy (non-hydrogen) atoms. The molecule has 0 spiro atoms. The fraction of sp³-hybridized carbons (Fsp3) is 0.519. The molecule has 5 rings (SSSR count). The molecule has 0 aromatic heterocycles. The van der Waals surface area contributed by atoms with Gasteiger partial charge in [-0.2, -0.15) is 13.2 Å². The lowest BCUT2D eigenvalue weighted by molar-refractivity contribution is -0.146. The van der Waals surface area contributed by atoms with E-state index >= 15 is 0 Å². The number of ketones is 2. The van der Waals surface area contributed by atoms with Crippen molar-refractivity contribution in [2.24, 2.45) is 17.6 Å². The number of allylic oxidation sites excluding steroid dienone is 1. The van der Waals surface area contributed by atoms with Gasteiger partial charge in [0.05, 0.1) is 17.2 Å². The third-order valence-corrected chi connectivity index (χ3v) is 8.65. The highest BCUT2D eigenvalue weighted by molar-refractivity contribution is 6.24. The summed E-state index contributed by atoms with van der Waals surface area (Å²) in [7, 11) is 0. The predicted molar refractivity (Wildman–Crippen MR) is 135 cm³/mol. The number of carbonyl (C=O) groups is 3. The lowest BCUT2D eigenvalue weighted by atomic mass is 9.58. The summed E-state index contributed by atoms with van der Waals surface area (Å²) in [5.74, 6) is -9.36. The second-order valence-corrected chi connectivity index (χ2v) is 10.9. The number of aliphatic hydroxyl groups is 4. The maximum Gasteiger partial charge on any atom is 0.417 e. The third-order valence-electron chi connectivity index (χ3n) is 8.65. The zero-order chi connectivity index (χ0) is 30.0. The van der Waals surface area contributed by atoms with E-state index in [2.05, 4.69) is 10.6 Å². The van der Waals surface area contributed by atoms with E-state index in [9.17, 15) is 48.0 Å². The molecule has 222 valence electrons. The van der Waals surface area contributed by atoms with E-state index in [1.807, 2.05) is 0 Å². The fourth-order valence-corrected chi connectivity index (χ4v) is 6.91. The van der Waals surface area contributed by atoms with Crippen LogP contribution in [0.5, 0.6) is 5.75 Å². The molecule has 9 N–H and O–H groups in total. The van der Waals surface area contributed by atoms with Gasteiger partial charge in [0.15, 0.2) is 11.4 Å². The van der Waals surface area contributed by atoms with Gasteiger partial charge < -0.3 is 41.9 Å². The summed E-state index contributed by atoms with van der Waals surface area (Å²) >= 11 is 0. The van der Waals surface area contributed by atoms with Crippen molar-refractivity contribution in [2.45, 2.75) is 56.0 Å². The van der Waals surface area contributed by atoms with Crippen molar-refractivity contribution in [3.05, 3.63) is 51.0 Å². The molecule has 1 aromatic carbocycles. The molecule has 11 nitrogen and oxygen atoms in total. The van der Waals surface area contributed by atoms with Gasteiger partial charge in [-0.25, -0.2) is 0 Å². The molecule has 0 saturated carbocycles. The smallest absolute Gasteiger partial charge is 0.417 e. The van der Waals surface area contributed by atoms with Crippen LogP contribution in [-0.2, 0) is 22.2 Å². The Hall–Kier alpha value is -3.46. The van der Waals surface area contributed by atoms with E-state index in [0.717, 1.165) is 6.07 Å². The van der Waals surface area contributed by atoms with E-state index in [1.165, 1.54) is 0 Å². The van der Waals surface area contributed by atoms with Gasteiger partial charge in [0.2, 0.25) is 5.78 Å². The zero-order valence-corrected chi connectivity index (χ0v) is 21.7. The molecule has 1 unspecified atom stereocenters. The van der Waals surface area contributed by atoms with Crippen molar-refractivity contribution in [2.75, 3.05) is 19.7 Å². The number of amides is 1. The van der Waals surface area contributed by atoms with Crippen LogP contribution >= 0.6 is 0 Å². The number of hydrogen-bond acceptors (Lipinski definition) is 10. The number of primary amides is 1. The van der Waals surface area contributed by atoms with E-state index < -0.39 is 105 Å². The molecule has 5 atom stereocenters. The maximum atomic E-state index is 14.6. The Morgan fingerprint density at radius 1 is 1.22 bits per heavy atom. The predicted octanol–water partition coefficient (Wildman–Crippen LogP) is 0.974. The highest BCUT2D eigenvalue weighted by Gasteiger charge is 2.63. The first-order valence-corrected chi connectivity index (χ1v) is 13.3. The highest BCUT2D eigenvalue weighted by Crippen LogP contribution is 2.54. The average Bonchev–Trinajstić information content (AvgIpc) is 3.42. The van der Waals surface area contributed by atoms with Crippen LogP contribution in [0.4, 0.5) is 13.2 Å². The van der Waals surface area contributed by atoms with Crippen LogP contribution in [0, 0.1) is 11.8 Å². The van der Waals surface area contributed by atoms with Crippen LogP contribution in [0.2, 0.25) is 0 Å². The van der Waals surface area contributed by atoms with Gasteiger partial charge in [0.1, 0.15) is 22.8 Å². The first-order chi connectivity index (χ1) is 19.2. The minimum Gasteiger partial charge on any atom is -0.510 e. The molecule has 0 bridgehead atoms. The lowest BCUT2D eigenvalue weighted by Gasteiger charge is -2.49. The summed E-state index contributed by atoms with van der Waals surface area (Å²) in [6.45, 7) is 0.225. The molecule has 1 aromatic rings. The number of Topliss-reactive ketones (excluding diaryl/α,β-unsaturated/α-hetero) is 2. The highest BCUT2D eigenvalue weighted by atomic mass is 19.4. The summed E-state index contributed by atoms with van der Waals surface area (Å²) in [5, 5.41) is 59.5. The SMILES string of the molecule is NC(=O)C1=C(O)[C@@H](NCCCO)[C@@H]2C[C@@H]3Cc4c(c(O)cc(C5CCCN5)c4C(F)(F)F)C(=O)C3=C(O)[C@]2(O)C1=O. The fourth-order valence-electron chi connectivity index (χ4n) is 6.91. The molecule has 1 saturated heterocycles. The number of phenolic OH excluding ortho intramolecular Hbond substituents is 1. The summed E-state index contributed by atoms with van der Waals surface area (Å²) < 4.78 is 43.7. The van der Waals surface area contributed by atoms with Crippen LogP contribution in [0.25, 0.3) is 0 Å². The van der Waals surface area contributed by atoms with Gasteiger partial charge in [-0.15, -0.1) is 0 Å². The van der Waals surface area contributed by atoms with Gasteiger partial charge in [-0.1, -0.05) is 0 Å². The van der Waals surface area contributed by atoms with Crippen LogP contribution in [-0.4, -0.2) is 74.3 Å². The molecule has 4 aliphatic rings. The van der Waals surface area contributed by atoms with Gasteiger partial charge in [-0.3, -0.25) is 14.4 Å². The molecule has 1 fully saturated rings. The summed E-state index contributed by atoms with van der Waals surface area (Å²) in [4.78, 5) is 39.2. The van der Waals surface area contributed by atoms with Crippen molar-refractivity contribution < 1.29 is 53.1 Å². The molecule has 14 heteroatoms. The topological polar surface area (TPSA) is 202 Å². The van der Waals surface area contributed by atoms with E-state index in [0.29, 0.717) is 19.4 Å². The number of hydrogen-bond donors (Lipinski definition) is 8. The monoisotopic (exact) mass is 581 g/mol. The quantitative estimate of drug-likeness (QED) is 0.177. The van der Waals surface area contributed by atoms with Crippen LogP contribution < -0.4 is 16.4 Å². The first-order valence-electron chi connectivity index (χ1n) is 13.3. The average molecular weight is 582 g/mol. The number of alkyl halides is 3. The summed E-state index contributed by atoms with van der Waals surface area (Å²) in [5.41, 5.74) is -1.60. The second kappa shape index (κ2) is 10.1. The normalized spacial score (nSPS) is 29.9. The van der Waals surface area contributed by atoms with Crippen molar-refractivity contribution in [1.82, 2.24) is 10.6 Å². The van der Waals surface area contributed by atoms with Crippen molar-refractivity contribution in [1.29, 1.82) is 0 Å². The Bertz CT molecular complexity index is 1400. The van der Waals surface area contributed by atoms with E-state index in [-0.39, 0.29) is 31.6 Å². The minimum absolute atomic E-state index is 0.0195. The Morgan fingerprint density at radius 3 is 2.51 bits per heavy atom. The Labute approximate surface area is 231 Å². The minimum atomic E-state index is -4.90. The number of halogens is 3. The molecular weight excluding hydrogens is 551 g/mol. The number of benzene rings is 1. The largest absolute Gasteiger partial charge is 0.510 e. The zero-order valence-electron chi connectivity index (χ0n) is 21.7. The van der Waals surface area contributed by atoms with Crippen molar-refractivity contribution in [3.63, 3.8) is 0 Å². The summed E-state index contributed by atoms with van der Waals surface area (Å²) in [6, 6.07) is -1.19. The van der Waals surface area contributed by atoms with Crippen LogP contribution in [0.3, 0.4) is 0 Å². The standard InChI is InChI=1S/C27H30F3N3O8/c28-27(29,30)19-11(14-3-1-4-32-14)9-15(35)17-12(19)7-10-8-13-20(33-5-2-6-34)22(37)18(25(31)40)24(39)26(13,41)23(38)16(10)21(17)36/h9-10,13-14,20,32-35,37-38,41H,1-8H2,(H2,31,40)/t10-,13-,14?,20-,26-/m0/s1. The number of nitrogens with two attached hydrogens (primary N) is 1. The molecule has 3 aliphatic carbocycles. The van der Waals surface area contributed by atoms with Crippen LogP contribution in [0.1, 0.15) is 58.8 Å². The van der Waals surface area contributed by atoms with Crippen molar-refractivity contribution >= 4 is 17.5 Å². The summed E-state index contributed by atoms with van der Waals surface area (Å²) in [6.07, 6.45) is -4.57. The molecule has 1 heterocycles. The Kier molecular flexibility index (Phi) is 7.17. The second-order valence-electron chi connectivity index (χ2n) is 10.9. The number of fused-ring (bicyclic) bond motifs is 3. The number of rotatable bonds is 6. The molecular formula is C27H30F3N3O8. The van der Waals surface area contributed by atoms with E-state index in [4.69, 9.17) is 10.8 Å². The molecule has 1 amide bonds. The molecule has 1 aliphatic heterocycles. The number of aliphatic hydroxyl groups excluding tert-OH is 3. The third kappa shape index (κ3) is 4.31. The maximum absolute atomic E-state index is 14.6. The van der Waals surface area contributed by atoms with E-state index in [1.54, 1.807) is 0 Å². The van der Waals surface area contributed by atoms with Gasteiger partial charge in [-0.05, 0) is 68.3 Å². The Morgan fingerprint density at radius 2 is 1.93 bits per heavy atom. The Balaban J connectivity index is 1.70. The van der Waals surface area contributed by atoms with Gasteiger partial charge in [0.25, 0.3) is 5.91 Å². The van der Waals surface area contributed by atoms with Crippen LogP contribution in [0.15, 0.2) is 28.7 Å². The van der Waals surface area contributed by atoms with Crippen molar-refractivity contribution in [3.8, 4) is 5.75 Å².